The van der Waals surface area contributed by atoms with E-state index in [9.17, 15) is 10.1 Å². The topological polar surface area (TPSA) is 64.4 Å². The molecule has 2 rings (SSSR count). The van der Waals surface area contributed by atoms with Gasteiger partial charge in [0.15, 0.2) is 5.75 Å². The molecule has 0 aromatic heterocycles. The van der Waals surface area contributed by atoms with Crippen molar-refractivity contribution in [3.8, 4) is 5.75 Å². The number of hydrogen-bond acceptors (Lipinski definition) is 4. The van der Waals surface area contributed by atoms with Crippen LogP contribution in [0.4, 0.5) is 5.69 Å². The second-order valence-electron chi connectivity index (χ2n) is 3.97. The summed E-state index contributed by atoms with van der Waals surface area (Å²) in [4.78, 5) is 10.3. The third-order valence-corrected chi connectivity index (χ3v) is 2.96. The molecule has 0 radical (unpaired) electrons. The summed E-state index contributed by atoms with van der Waals surface area (Å²) in [5.74, 6) is 0.233. The van der Waals surface area contributed by atoms with E-state index in [4.69, 9.17) is 16.3 Å². The molecule has 92 valence electrons. The Morgan fingerprint density at radius 1 is 1.59 bits per heavy atom. The highest BCUT2D eigenvalue weighted by atomic mass is 35.5. The van der Waals surface area contributed by atoms with Gasteiger partial charge in [0.1, 0.15) is 6.61 Å². The minimum absolute atomic E-state index is 0.0487. The van der Waals surface area contributed by atoms with Crippen molar-refractivity contribution in [3.05, 3.63) is 33.3 Å². The lowest BCUT2D eigenvalue weighted by Gasteiger charge is -2.12. The van der Waals surface area contributed by atoms with Crippen LogP contribution in [0.5, 0.6) is 5.75 Å². The highest BCUT2D eigenvalue weighted by Gasteiger charge is 2.19. The van der Waals surface area contributed by atoms with E-state index in [0.29, 0.717) is 11.6 Å². The van der Waals surface area contributed by atoms with Crippen molar-refractivity contribution in [2.24, 2.45) is 0 Å². The van der Waals surface area contributed by atoms with Crippen molar-refractivity contribution < 1.29 is 9.66 Å². The lowest BCUT2D eigenvalue weighted by Crippen LogP contribution is -2.28. The van der Waals surface area contributed by atoms with E-state index < -0.39 is 4.92 Å². The maximum absolute atomic E-state index is 10.8. The first-order chi connectivity index (χ1) is 8.16. The summed E-state index contributed by atoms with van der Waals surface area (Å²) in [6, 6.07) is 4.60. The number of rotatable bonds is 4. The van der Waals surface area contributed by atoms with Gasteiger partial charge in [-0.05, 0) is 25.5 Å². The first kappa shape index (κ1) is 12.1. The lowest BCUT2D eigenvalue weighted by atomic mass is 10.2. The van der Waals surface area contributed by atoms with E-state index in [2.05, 4.69) is 5.32 Å². The number of nitro groups is 1. The number of nitrogens with zero attached hydrogens (tertiary/aromatic N) is 1. The largest absolute Gasteiger partial charge is 0.485 e. The van der Waals surface area contributed by atoms with Crippen LogP contribution in [-0.4, -0.2) is 24.1 Å². The molecular formula is C11H13ClN2O3. The molecule has 1 heterocycles. The quantitative estimate of drug-likeness (QED) is 0.664. The molecule has 1 atom stereocenters. The van der Waals surface area contributed by atoms with Gasteiger partial charge in [-0.3, -0.25) is 10.1 Å². The third-order valence-electron chi connectivity index (χ3n) is 2.72. The number of benzene rings is 1. The minimum Gasteiger partial charge on any atom is -0.485 e. The van der Waals surface area contributed by atoms with E-state index in [1.165, 1.54) is 18.2 Å². The van der Waals surface area contributed by atoms with Crippen LogP contribution in [0.2, 0.25) is 5.02 Å². The fourth-order valence-electron chi connectivity index (χ4n) is 1.84. The summed E-state index contributed by atoms with van der Waals surface area (Å²) >= 11 is 5.80. The van der Waals surface area contributed by atoms with Gasteiger partial charge >= 0.3 is 5.69 Å². The van der Waals surface area contributed by atoms with Gasteiger partial charge in [0.05, 0.1) is 4.92 Å². The number of halogens is 1. The Balaban J connectivity index is 2.07. The van der Waals surface area contributed by atoms with Gasteiger partial charge in [-0.1, -0.05) is 11.6 Å². The summed E-state index contributed by atoms with van der Waals surface area (Å²) in [5, 5.41) is 14.5. The number of ether oxygens (including phenoxy) is 1. The van der Waals surface area contributed by atoms with E-state index in [1.807, 2.05) is 0 Å². The Bertz CT molecular complexity index is 419. The van der Waals surface area contributed by atoms with Crippen LogP contribution >= 0.6 is 11.6 Å². The van der Waals surface area contributed by atoms with E-state index in [1.54, 1.807) is 0 Å². The molecule has 1 saturated heterocycles. The summed E-state index contributed by atoms with van der Waals surface area (Å²) in [5.41, 5.74) is -0.0487. The molecule has 1 aliphatic heterocycles. The second-order valence-corrected chi connectivity index (χ2v) is 4.41. The van der Waals surface area contributed by atoms with Crippen LogP contribution in [0.15, 0.2) is 18.2 Å². The molecule has 0 saturated carbocycles. The van der Waals surface area contributed by atoms with Crippen molar-refractivity contribution in [1.82, 2.24) is 5.32 Å². The molecule has 0 amide bonds. The Morgan fingerprint density at radius 2 is 2.41 bits per heavy atom. The SMILES string of the molecule is O=[N+]([O-])c1ccc(Cl)cc1OC[C@@H]1CCCN1. The molecule has 5 nitrogen and oxygen atoms in total. The molecule has 0 spiro atoms. The smallest absolute Gasteiger partial charge is 0.311 e. The van der Waals surface area contributed by atoms with Gasteiger partial charge in [-0.2, -0.15) is 0 Å². The molecule has 6 heteroatoms. The minimum atomic E-state index is -0.465. The Morgan fingerprint density at radius 3 is 3.06 bits per heavy atom. The molecule has 1 aromatic carbocycles. The first-order valence-electron chi connectivity index (χ1n) is 5.47. The first-order valence-corrected chi connectivity index (χ1v) is 5.85. The summed E-state index contributed by atoms with van der Waals surface area (Å²) in [6.07, 6.45) is 2.15. The van der Waals surface area contributed by atoms with Crippen LogP contribution in [0, 0.1) is 10.1 Å². The predicted octanol–water partition coefficient (Wildman–Crippen LogP) is 2.38. The van der Waals surface area contributed by atoms with Crippen molar-refractivity contribution in [2.45, 2.75) is 18.9 Å². The van der Waals surface area contributed by atoms with Crippen molar-refractivity contribution in [3.63, 3.8) is 0 Å². The highest BCUT2D eigenvalue weighted by molar-refractivity contribution is 6.30. The number of hydrogen-bond donors (Lipinski definition) is 1. The normalized spacial score (nSPS) is 19.2. The van der Waals surface area contributed by atoms with Gasteiger partial charge in [0, 0.05) is 23.2 Å². The molecule has 0 bridgehead atoms. The van der Waals surface area contributed by atoms with E-state index >= 15 is 0 Å². The molecule has 1 aliphatic rings. The third kappa shape index (κ3) is 3.08. The van der Waals surface area contributed by atoms with E-state index in [0.717, 1.165) is 19.4 Å². The van der Waals surface area contributed by atoms with Crippen molar-refractivity contribution in [2.75, 3.05) is 13.2 Å². The Labute approximate surface area is 104 Å². The summed E-state index contributed by atoms with van der Waals surface area (Å²) < 4.78 is 5.47. The molecule has 0 unspecified atom stereocenters. The van der Waals surface area contributed by atoms with Crippen molar-refractivity contribution in [1.29, 1.82) is 0 Å². The second kappa shape index (κ2) is 5.33. The highest BCUT2D eigenvalue weighted by Crippen LogP contribution is 2.30. The van der Waals surface area contributed by atoms with Gasteiger partial charge in [-0.25, -0.2) is 0 Å². The summed E-state index contributed by atoms with van der Waals surface area (Å²) in [6.45, 7) is 1.41. The van der Waals surface area contributed by atoms with Crippen LogP contribution in [0.3, 0.4) is 0 Å². The average molecular weight is 257 g/mol. The molecule has 17 heavy (non-hydrogen) atoms. The maximum atomic E-state index is 10.8. The summed E-state index contributed by atoms with van der Waals surface area (Å²) in [7, 11) is 0. The van der Waals surface area contributed by atoms with Gasteiger partial charge < -0.3 is 10.1 Å². The maximum Gasteiger partial charge on any atom is 0.311 e. The molecule has 1 aromatic rings. The lowest BCUT2D eigenvalue weighted by molar-refractivity contribution is -0.385. The van der Waals surface area contributed by atoms with E-state index in [-0.39, 0.29) is 17.5 Å². The molecular weight excluding hydrogens is 244 g/mol. The Kier molecular flexibility index (Phi) is 3.81. The van der Waals surface area contributed by atoms with Crippen LogP contribution in [0.1, 0.15) is 12.8 Å². The van der Waals surface area contributed by atoms with Gasteiger partial charge in [0.2, 0.25) is 0 Å². The zero-order chi connectivity index (χ0) is 12.3. The number of nitro benzene ring substituents is 1. The van der Waals surface area contributed by atoms with Gasteiger partial charge in [-0.15, -0.1) is 0 Å². The zero-order valence-electron chi connectivity index (χ0n) is 9.19. The van der Waals surface area contributed by atoms with Crippen molar-refractivity contribution >= 4 is 17.3 Å². The standard InChI is InChI=1S/C11H13ClN2O3/c12-8-3-4-10(14(15)16)11(6-8)17-7-9-2-1-5-13-9/h3-4,6,9,13H,1-2,5,7H2/t9-/m0/s1. The van der Waals surface area contributed by atoms with Gasteiger partial charge in [0.25, 0.3) is 0 Å². The predicted molar refractivity (Wildman–Crippen MR) is 64.6 cm³/mol. The zero-order valence-corrected chi connectivity index (χ0v) is 9.94. The van der Waals surface area contributed by atoms with Crippen LogP contribution < -0.4 is 10.1 Å². The van der Waals surface area contributed by atoms with Crippen LogP contribution in [0.25, 0.3) is 0 Å². The molecule has 0 aliphatic carbocycles. The van der Waals surface area contributed by atoms with Crippen LogP contribution in [-0.2, 0) is 0 Å². The fraction of sp³-hybridized carbons (Fsp3) is 0.455. The Hall–Kier alpha value is -1.33. The fourth-order valence-corrected chi connectivity index (χ4v) is 2.01. The molecule has 1 N–H and O–H groups in total. The monoisotopic (exact) mass is 256 g/mol. The molecule has 1 fully saturated rings. The number of nitrogens with one attached hydrogen (secondary N) is 1. The average Bonchev–Trinajstić information content (AvgIpc) is 2.78.